The van der Waals surface area contributed by atoms with Crippen LogP contribution in [0.4, 0.5) is 5.69 Å². The lowest BCUT2D eigenvalue weighted by atomic mass is 10.3. The predicted octanol–water partition coefficient (Wildman–Crippen LogP) is 1.84. The van der Waals surface area contributed by atoms with Crippen molar-refractivity contribution in [3.63, 3.8) is 0 Å². The molecule has 4 N–H and O–H groups in total. The maximum Gasteiger partial charge on any atom is 0.323 e. The summed E-state index contributed by atoms with van der Waals surface area (Å²) in [5, 5.41) is 0. The van der Waals surface area contributed by atoms with Gasteiger partial charge >= 0.3 is 5.69 Å². The smallest absolute Gasteiger partial charge is 0.323 e. The molecule has 0 radical (unpaired) electrons. The second-order valence-corrected chi connectivity index (χ2v) is 7.13. The monoisotopic (exact) mass is 343 g/mol. The highest BCUT2D eigenvalue weighted by Crippen LogP contribution is 2.22. The molecule has 0 bridgehead atoms. The van der Waals surface area contributed by atoms with E-state index in [1.54, 1.807) is 24.3 Å². The van der Waals surface area contributed by atoms with Crippen LogP contribution in [0.15, 0.2) is 46.1 Å². The molecule has 0 spiro atoms. The number of aromatic nitrogens is 4. The van der Waals surface area contributed by atoms with Gasteiger partial charge in [0.15, 0.2) is 0 Å². The van der Waals surface area contributed by atoms with Crippen LogP contribution in [0.2, 0.25) is 0 Å². The maximum atomic E-state index is 12.6. The molecule has 2 aromatic carbocycles. The molecule has 0 fully saturated rings. The largest absolute Gasteiger partial charge is 0.342 e. The minimum atomic E-state index is -3.78. The first-order valence-corrected chi connectivity index (χ1v) is 8.60. The summed E-state index contributed by atoms with van der Waals surface area (Å²) < 4.78 is 27.6. The van der Waals surface area contributed by atoms with Gasteiger partial charge in [-0.25, -0.2) is 18.2 Å². The van der Waals surface area contributed by atoms with Crippen LogP contribution in [0, 0.1) is 6.92 Å². The Morgan fingerprint density at radius 1 is 0.958 bits per heavy atom. The van der Waals surface area contributed by atoms with Gasteiger partial charge in [-0.2, -0.15) is 0 Å². The molecule has 0 aliphatic rings. The first-order valence-electron chi connectivity index (χ1n) is 7.12. The summed E-state index contributed by atoms with van der Waals surface area (Å²) >= 11 is 0. The third-order valence-corrected chi connectivity index (χ3v) is 5.03. The Morgan fingerprint density at radius 3 is 2.58 bits per heavy atom. The van der Waals surface area contributed by atoms with Gasteiger partial charge in [0.1, 0.15) is 5.82 Å². The number of benzene rings is 2. The van der Waals surface area contributed by atoms with Crippen molar-refractivity contribution >= 4 is 37.8 Å². The zero-order valence-electron chi connectivity index (χ0n) is 12.5. The lowest BCUT2D eigenvalue weighted by Crippen LogP contribution is -2.12. The van der Waals surface area contributed by atoms with Crippen molar-refractivity contribution in [1.29, 1.82) is 0 Å². The van der Waals surface area contributed by atoms with E-state index in [0.717, 1.165) is 16.9 Å². The summed E-state index contributed by atoms with van der Waals surface area (Å²) in [5.41, 5.74) is 2.54. The Bertz CT molecular complexity index is 1230. The van der Waals surface area contributed by atoms with Gasteiger partial charge in [-0.1, -0.05) is 0 Å². The average Bonchev–Trinajstić information content (AvgIpc) is 3.05. The highest BCUT2D eigenvalue weighted by atomic mass is 32.2. The van der Waals surface area contributed by atoms with Crippen LogP contribution in [-0.2, 0) is 10.0 Å². The number of nitrogens with zero attached hydrogens (tertiary/aromatic N) is 1. The lowest BCUT2D eigenvalue weighted by molar-refractivity contribution is 0.601. The molecular weight excluding hydrogens is 330 g/mol. The van der Waals surface area contributed by atoms with Gasteiger partial charge in [0.25, 0.3) is 10.0 Å². The topological polar surface area (TPSA) is 123 Å². The van der Waals surface area contributed by atoms with E-state index in [-0.39, 0.29) is 10.6 Å². The molecule has 0 unspecified atom stereocenters. The third-order valence-electron chi connectivity index (χ3n) is 3.65. The lowest BCUT2D eigenvalue weighted by Gasteiger charge is -2.08. The number of sulfonamides is 1. The molecule has 24 heavy (non-hydrogen) atoms. The number of rotatable bonds is 3. The molecule has 0 amide bonds. The Hall–Kier alpha value is -3.07. The summed E-state index contributed by atoms with van der Waals surface area (Å²) in [6.07, 6.45) is 0. The van der Waals surface area contributed by atoms with Crippen LogP contribution in [0.1, 0.15) is 5.82 Å². The Labute approximate surface area is 136 Å². The first-order chi connectivity index (χ1) is 11.4. The van der Waals surface area contributed by atoms with Crippen LogP contribution in [0.3, 0.4) is 0 Å². The van der Waals surface area contributed by atoms with E-state index in [1.165, 1.54) is 12.1 Å². The molecule has 0 aliphatic carbocycles. The fourth-order valence-corrected chi connectivity index (χ4v) is 3.67. The summed E-state index contributed by atoms with van der Waals surface area (Å²) in [7, 11) is -3.78. The van der Waals surface area contributed by atoms with Crippen molar-refractivity contribution in [3.8, 4) is 0 Å². The molecule has 0 atom stereocenters. The molecule has 0 saturated carbocycles. The van der Waals surface area contributed by atoms with E-state index in [2.05, 4.69) is 24.7 Å². The second-order valence-electron chi connectivity index (χ2n) is 5.45. The van der Waals surface area contributed by atoms with Gasteiger partial charge < -0.3 is 15.0 Å². The average molecular weight is 343 g/mol. The van der Waals surface area contributed by atoms with E-state index < -0.39 is 10.0 Å². The predicted molar refractivity (Wildman–Crippen MR) is 90.6 cm³/mol. The fourth-order valence-electron chi connectivity index (χ4n) is 2.59. The Kier molecular flexibility index (Phi) is 3.00. The van der Waals surface area contributed by atoms with E-state index >= 15 is 0 Å². The number of aromatic amines is 3. The van der Waals surface area contributed by atoms with Gasteiger partial charge in [-0.3, -0.25) is 4.72 Å². The van der Waals surface area contributed by atoms with Crippen LogP contribution in [-0.4, -0.2) is 28.4 Å². The van der Waals surface area contributed by atoms with Crippen LogP contribution >= 0.6 is 0 Å². The number of nitrogens with one attached hydrogen (secondary N) is 4. The Balaban J connectivity index is 1.73. The number of anilines is 1. The van der Waals surface area contributed by atoms with E-state index in [0.29, 0.717) is 16.7 Å². The normalized spacial score (nSPS) is 12.0. The number of hydrogen-bond donors (Lipinski definition) is 4. The minimum Gasteiger partial charge on any atom is -0.342 e. The standard InChI is InChI=1S/C15H13N5O3S/c1-8-16-11-4-2-9(6-13(11)17-8)20-24(22,23)10-3-5-12-14(7-10)19-15(21)18-12/h2-7,20H,1H3,(H,16,17)(H2,18,19,21). The second kappa shape index (κ2) is 4.96. The molecular formula is C15H13N5O3S. The number of H-pyrrole nitrogens is 3. The van der Waals surface area contributed by atoms with Gasteiger partial charge in [-0.05, 0) is 43.3 Å². The highest BCUT2D eigenvalue weighted by molar-refractivity contribution is 7.92. The quantitative estimate of drug-likeness (QED) is 0.453. The molecule has 9 heteroatoms. The number of imidazole rings is 2. The molecule has 4 aromatic rings. The van der Waals surface area contributed by atoms with Crippen molar-refractivity contribution in [2.45, 2.75) is 11.8 Å². The van der Waals surface area contributed by atoms with Gasteiger partial charge in [0, 0.05) is 0 Å². The summed E-state index contributed by atoms with van der Waals surface area (Å²) in [6.45, 7) is 1.83. The molecule has 2 heterocycles. The first kappa shape index (κ1) is 14.5. The van der Waals surface area contributed by atoms with Crippen molar-refractivity contribution in [1.82, 2.24) is 19.9 Å². The van der Waals surface area contributed by atoms with Crippen molar-refractivity contribution < 1.29 is 8.42 Å². The van der Waals surface area contributed by atoms with Gasteiger partial charge in [0.2, 0.25) is 0 Å². The van der Waals surface area contributed by atoms with Crippen molar-refractivity contribution in [3.05, 3.63) is 52.7 Å². The number of fused-ring (bicyclic) bond motifs is 2. The SMILES string of the molecule is Cc1nc2ccc(NS(=O)(=O)c3ccc4[nH]c(=O)[nH]c4c3)cc2[nH]1. The summed E-state index contributed by atoms with van der Waals surface area (Å²) in [6, 6.07) is 9.47. The molecule has 2 aromatic heterocycles. The van der Waals surface area contributed by atoms with Gasteiger partial charge in [0.05, 0.1) is 32.6 Å². The molecule has 4 rings (SSSR count). The highest BCUT2D eigenvalue weighted by Gasteiger charge is 2.16. The molecule has 8 nitrogen and oxygen atoms in total. The van der Waals surface area contributed by atoms with E-state index in [1.807, 2.05) is 6.92 Å². The molecule has 0 saturated heterocycles. The fraction of sp³-hybridized carbons (Fsp3) is 0.0667. The van der Waals surface area contributed by atoms with Crippen LogP contribution < -0.4 is 10.4 Å². The number of aryl methyl sites for hydroxylation is 1. The summed E-state index contributed by atoms with van der Waals surface area (Å²) in [5.74, 6) is 0.756. The number of hydrogen-bond acceptors (Lipinski definition) is 4. The van der Waals surface area contributed by atoms with E-state index in [9.17, 15) is 13.2 Å². The minimum absolute atomic E-state index is 0.0612. The zero-order valence-corrected chi connectivity index (χ0v) is 13.4. The molecule has 0 aliphatic heterocycles. The van der Waals surface area contributed by atoms with Crippen molar-refractivity contribution in [2.75, 3.05) is 4.72 Å². The maximum absolute atomic E-state index is 12.6. The third kappa shape index (κ3) is 2.44. The van der Waals surface area contributed by atoms with Gasteiger partial charge in [-0.15, -0.1) is 0 Å². The van der Waals surface area contributed by atoms with Crippen LogP contribution in [0.25, 0.3) is 22.1 Å². The van der Waals surface area contributed by atoms with Crippen molar-refractivity contribution in [2.24, 2.45) is 0 Å². The van der Waals surface area contributed by atoms with Crippen LogP contribution in [0.5, 0.6) is 0 Å². The molecule has 122 valence electrons. The zero-order chi connectivity index (χ0) is 16.9. The Morgan fingerprint density at radius 2 is 1.75 bits per heavy atom. The summed E-state index contributed by atoms with van der Waals surface area (Å²) in [4.78, 5) is 23.8. The van der Waals surface area contributed by atoms with E-state index in [4.69, 9.17) is 0 Å².